The monoisotopic (exact) mass is 379 g/mol. The SMILES string of the molecule is NC(=O)C1CCN(c2cc(-n3nc(Nc4ccccc4)nc3N)ncn2)CC1. The van der Waals surface area contributed by atoms with Crippen molar-refractivity contribution in [2.45, 2.75) is 12.8 Å². The number of rotatable bonds is 5. The molecule has 1 aliphatic heterocycles. The highest BCUT2D eigenvalue weighted by Crippen LogP contribution is 2.23. The largest absolute Gasteiger partial charge is 0.369 e. The standard InChI is InChI=1S/C18H21N9O/c19-16(28)12-6-8-26(9-7-12)14-10-15(22-11-21-14)27-17(20)24-18(25-27)23-13-4-2-1-3-5-13/h1-5,10-12H,6-9H2,(H2,19,28)(H3,20,23,24,25). The van der Waals surface area contributed by atoms with Gasteiger partial charge in [-0.25, -0.2) is 9.97 Å². The van der Waals surface area contributed by atoms with Crippen LogP contribution >= 0.6 is 0 Å². The van der Waals surface area contributed by atoms with E-state index < -0.39 is 0 Å². The van der Waals surface area contributed by atoms with Gasteiger partial charge < -0.3 is 21.7 Å². The highest BCUT2D eigenvalue weighted by Gasteiger charge is 2.24. The summed E-state index contributed by atoms with van der Waals surface area (Å²) in [5.41, 5.74) is 12.3. The number of nitrogen functional groups attached to an aromatic ring is 1. The fourth-order valence-corrected chi connectivity index (χ4v) is 3.22. The molecule has 1 fully saturated rings. The normalized spacial score (nSPS) is 14.8. The molecule has 1 saturated heterocycles. The quantitative estimate of drug-likeness (QED) is 0.598. The molecule has 144 valence electrons. The second kappa shape index (κ2) is 7.51. The fraction of sp³-hybridized carbons (Fsp3) is 0.278. The summed E-state index contributed by atoms with van der Waals surface area (Å²) in [6, 6.07) is 11.4. The zero-order valence-electron chi connectivity index (χ0n) is 15.2. The van der Waals surface area contributed by atoms with Crippen molar-refractivity contribution in [3.63, 3.8) is 0 Å². The van der Waals surface area contributed by atoms with Crippen LogP contribution in [0.5, 0.6) is 0 Å². The maximum Gasteiger partial charge on any atom is 0.248 e. The molecule has 4 rings (SSSR count). The lowest BCUT2D eigenvalue weighted by Crippen LogP contribution is -2.39. The third-order valence-electron chi connectivity index (χ3n) is 4.74. The van der Waals surface area contributed by atoms with Crippen molar-refractivity contribution in [3.05, 3.63) is 42.7 Å². The van der Waals surface area contributed by atoms with Crippen LogP contribution in [0.3, 0.4) is 0 Å². The van der Waals surface area contributed by atoms with Gasteiger partial charge in [0.15, 0.2) is 5.82 Å². The van der Waals surface area contributed by atoms with E-state index in [-0.39, 0.29) is 17.8 Å². The second-order valence-corrected chi connectivity index (χ2v) is 6.59. The Morgan fingerprint density at radius 1 is 1.11 bits per heavy atom. The van der Waals surface area contributed by atoms with Gasteiger partial charge >= 0.3 is 0 Å². The minimum atomic E-state index is -0.239. The van der Waals surface area contributed by atoms with Gasteiger partial charge in [0.05, 0.1) is 0 Å². The van der Waals surface area contributed by atoms with Crippen molar-refractivity contribution < 1.29 is 4.79 Å². The first-order chi connectivity index (χ1) is 13.6. The Morgan fingerprint density at radius 2 is 1.82 bits per heavy atom. The predicted molar refractivity (Wildman–Crippen MR) is 105 cm³/mol. The molecular formula is C18H21N9O. The lowest BCUT2D eigenvalue weighted by Gasteiger charge is -2.31. The summed E-state index contributed by atoms with van der Waals surface area (Å²) in [5, 5.41) is 7.50. The Labute approximate surface area is 161 Å². The Balaban J connectivity index is 1.52. The predicted octanol–water partition coefficient (Wildman–Crippen LogP) is 1.08. The van der Waals surface area contributed by atoms with Gasteiger partial charge in [-0.2, -0.15) is 9.67 Å². The maximum absolute atomic E-state index is 11.3. The van der Waals surface area contributed by atoms with Crippen molar-refractivity contribution in [1.29, 1.82) is 0 Å². The van der Waals surface area contributed by atoms with Crippen LogP contribution < -0.4 is 21.7 Å². The molecule has 0 atom stereocenters. The van der Waals surface area contributed by atoms with Crippen LogP contribution in [0.4, 0.5) is 23.4 Å². The molecule has 1 aromatic carbocycles. The average Bonchev–Trinajstić information content (AvgIpc) is 3.09. The van der Waals surface area contributed by atoms with Crippen LogP contribution in [-0.2, 0) is 4.79 Å². The molecular weight excluding hydrogens is 358 g/mol. The molecule has 0 saturated carbocycles. The van der Waals surface area contributed by atoms with Crippen LogP contribution in [-0.4, -0.2) is 43.7 Å². The first-order valence-electron chi connectivity index (χ1n) is 9.01. The molecule has 0 radical (unpaired) electrons. The van der Waals surface area contributed by atoms with Crippen LogP contribution in [0.2, 0.25) is 0 Å². The van der Waals surface area contributed by atoms with Crippen LogP contribution in [0.1, 0.15) is 12.8 Å². The van der Waals surface area contributed by atoms with Gasteiger partial charge in [-0.3, -0.25) is 4.79 Å². The fourth-order valence-electron chi connectivity index (χ4n) is 3.22. The third kappa shape index (κ3) is 3.70. The number of benzene rings is 1. The Kier molecular flexibility index (Phi) is 4.75. The molecule has 1 aliphatic rings. The topological polar surface area (TPSA) is 141 Å². The maximum atomic E-state index is 11.3. The van der Waals surface area contributed by atoms with E-state index in [1.807, 2.05) is 36.4 Å². The number of carbonyl (C=O) groups is 1. The molecule has 3 heterocycles. The van der Waals surface area contributed by atoms with Gasteiger partial charge in [0.1, 0.15) is 12.1 Å². The smallest absolute Gasteiger partial charge is 0.248 e. The summed E-state index contributed by atoms with van der Waals surface area (Å²) in [6.45, 7) is 1.41. The molecule has 10 nitrogen and oxygen atoms in total. The van der Waals surface area contributed by atoms with Crippen molar-refractivity contribution in [2.75, 3.05) is 29.0 Å². The number of carbonyl (C=O) groups excluding carboxylic acids is 1. The van der Waals surface area contributed by atoms with E-state index in [0.717, 1.165) is 11.5 Å². The van der Waals surface area contributed by atoms with Crippen molar-refractivity contribution in [1.82, 2.24) is 24.7 Å². The number of piperidine rings is 1. The molecule has 5 N–H and O–H groups in total. The number of hydrogen-bond acceptors (Lipinski definition) is 8. The first kappa shape index (κ1) is 17.7. The van der Waals surface area contributed by atoms with E-state index >= 15 is 0 Å². The van der Waals surface area contributed by atoms with E-state index in [9.17, 15) is 4.79 Å². The van der Waals surface area contributed by atoms with E-state index in [4.69, 9.17) is 11.5 Å². The Hall–Kier alpha value is -3.69. The number of hydrogen-bond donors (Lipinski definition) is 3. The number of nitrogens with zero attached hydrogens (tertiary/aromatic N) is 6. The minimum Gasteiger partial charge on any atom is -0.369 e. The lowest BCUT2D eigenvalue weighted by atomic mass is 9.96. The van der Waals surface area contributed by atoms with Gasteiger partial charge in [-0.1, -0.05) is 18.2 Å². The summed E-state index contributed by atoms with van der Waals surface area (Å²) >= 11 is 0. The van der Waals surface area contributed by atoms with Crippen molar-refractivity contribution in [3.8, 4) is 5.82 Å². The van der Waals surface area contributed by atoms with Crippen LogP contribution in [0, 0.1) is 5.92 Å². The lowest BCUT2D eigenvalue weighted by molar-refractivity contribution is -0.122. The highest BCUT2D eigenvalue weighted by atomic mass is 16.1. The van der Waals surface area contributed by atoms with Gasteiger partial charge in [0.25, 0.3) is 0 Å². The van der Waals surface area contributed by atoms with E-state index in [1.54, 1.807) is 0 Å². The van der Waals surface area contributed by atoms with E-state index in [0.29, 0.717) is 37.7 Å². The van der Waals surface area contributed by atoms with Gasteiger partial charge in [0.2, 0.25) is 17.8 Å². The number of nitrogens with one attached hydrogen (secondary N) is 1. The summed E-state index contributed by atoms with van der Waals surface area (Å²) in [5.74, 6) is 1.56. The molecule has 0 bridgehead atoms. The summed E-state index contributed by atoms with van der Waals surface area (Å²) in [7, 11) is 0. The summed E-state index contributed by atoms with van der Waals surface area (Å²) in [6.07, 6.45) is 2.90. The number of primary amides is 1. The molecule has 10 heteroatoms. The highest BCUT2D eigenvalue weighted by molar-refractivity contribution is 5.77. The van der Waals surface area contributed by atoms with Crippen molar-refractivity contribution >= 4 is 29.3 Å². The van der Waals surface area contributed by atoms with E-state index in [1.165, 1.54) is 11.0 Å². The van der Waals surface area contributed by atoms with Gasteiger partial charge in [-0.15, -0.1) is 5.10 Å². The molecule has 28 heavy (non-hydrogen) atoms. The van der Waals surface area contributed by atoms with Gasteiger partial charge in [0, 0.05) is 30.8 Å². The van der Waals surface area contributed by atoms with Crippen LogP contribution in [0.25, 0.3) is 5.82 Å². The first-order valence-corrected chi connectivity index (χ1v) is 9.01. The van der Waals surface area contributed by atoms with Crippen molar-refractivity contribution in [2.24, 2.45) is 11.7 Å². The van der Waals surface area contributed by atoms with E-state index in [2.05, 4.69) is 30.3 Å². The molecule has 2 aromatic heterocycles. The molecule has 1 amide bonds. The number of anilines is 4. The average molecular weight is 379 g/mol. The Morgan fingerprint density at radius 3 is 2.54 bits per heavy atom. The van der Waals surface area contributed by atoms with Gasteiger partial charge in [-0.05, 0) is 25.0 Å². The zero-order valence-corrected chi connectivity index (χ0v) is 15.2. The number of para-hydroxylation sites is 1. The number of aromatic nitrogens is 5. The molecule has 0 unspecified atom stereocenters. The zero-order chi connectivity index (χ0) is 19.5. The molecule has 0 aliphatic carbocycles. The minimum absolute atomic E-state index is 0.0739. The second-order valence-electron chi connectivity index (χ2n) is 6.59. The summed E-state index contributed by atoms with van der Waals surface area (Å²) < 4.78 is 1.46. The number of amides is 1. The molecule has 3 aromatic rings. The summed E-state index contributed by atoms with van der Waals surface area (Å²) in [4.78, 5) is 26.3. The third-order valence-corrected chi connectivity index (χ3v) is 4.74. The number of nitrogens with two attached hydrogens (primary N) is 2. The Bertz CT molecular complexity index is 964. The molecule has 0 spiro atoms. The van der Waals surface area contributed by atoms with Crippen LogP contribution in [0.15, 0.2) is 42.7 Å².